The molecule has 0 radical (unpaired) electrons. The first-order valence-corrected chi connectivity index (χ1v) is 4.24. The standard InChI is InChI=1S/C10H13NO/c1-11-9(7-12)6-8-4-2-3-5-10(8)11/h2-5,9,12H,6-7H2,1H3. The van der Waals surface area contributed by atoms with Gasteiger partial charge in [0.2, 0.25) is 0 Å². The maximum atomic E-state index is 9.07. The zero-order valence-electron chi connectivity index (χ0n) is 7.20. The third-order valence-corrected chi connectivity index (χ3v) is 2.59. The second kappa shape index (κ2) is 2.79. The van der Waals surface area contributed by atoms with E-state index in [9.17, 15) is 0 Å². The smallest absolute Gasteiger partial charge is 0.0638 e. The van der Waals surface area contributed by atoms with E-state index in [1.165, 1.54) is 11.3 Å². The van der Waals surface area contributed by atoms with E-state index in [0.29, 0.717) is 0 Å². The van der Waals surface area contributed by atoms with Gasteiger partial charge in [0.05, 0.1) is 12.6 Å². The van der Waals surface area contributed by atoms with Gasteiger partial charge in [0, 0.05) is 12.7 Å². The van der Waals surface area contributed by atoms with Gasteiger partial charge in [-0.15, -0.1) is 0 Å². The Morgan fingerprint density at radius 1 is 1.50 bits per heavy atom. The minimum Gasteiger partial charge on any atom is -0.394 e. The third kappa shape index (κ3) is 0.994. The molecular weight excluding hydrogens is 150 g/mol. The second-order valence-electron chi connectivity index (χ2n) is 3.28. The van der Waals surface area contributed by atoms with E-state index in [1.54, 1.807) is 0 Å². The Kier molecular flexibility index (Phi) is 1.77. The number of hydrogen-bond acceptors (Lipinski definition) is 2. The van der Waals surface area contributed by atoms with Crippen molar-refractivity contribution in [3.63, 3.8) is 0 Å². The van der Waals surface area contributed by atoms with Crippen molar-refractivity contribution in [2.75, 3.05) is 18.6 Å². The minimum absolute atomic E-state index is 0.241. The molecule has 1 heterocycles. The Labute approximate surface area is 72.4 Å². The van der Waals surface area contributed by atoms with Crippen molar-refractivity contribution in [1.82, 2.24) is 0 Å². The molecule has 1 aromatic carbocycles. The zero-order chi connectivity index (χ0) is 8.55. The van der Waals surface area contributed by atoms with Crippen molar-refractivity contribution >= 4 is 5.69 Å². The molecule has 12 heavy (non-hydrogen) atoms. The summed E-state index contributed by atoms with van der Waals surface area (Å²) in [5.74, 6) is 0. The lowest BCUT2D eigenvalue weighted by atomic mass is 10.1. The zero-order valence-corrected chi connectivity index (χ0v) is 7.20. The summed E-state index contributed by atoms with van der Waals surface area (Å²) in [6, 6.07) is 8.59. The van der Waals surface area contributed by atoms with E-state index in [2.05, 4.69) is 17.0 Å². The van der Waals surface area contributed by atoms with Crippen LogP contribution in [0.3, 0.4) is 0 Å². The molecule has 0 bridgehead atoms. The molecule has 0 saturated carbocycles. The Bertz CT molecular complexity index is 285. The van der Waals surface area contributed by atoms with E-state index in [-0.39, 0.29) is 12.6 Å². The molecule has 1 N–H and O–H groups in total. The van der Waals surface area contributed by atoms with Gasteiger partial charge in [-0.3, -0.25) is 0 Å². The van der Waals surface area contributed by atoms with Gasteiger partial charge in [-0.05, 0) is 18.1 Å². The highest BCUT2D eigenvalue weighted by Gasteiger charge is 2.24. The first-order chi connectivity index (χ1) is 5.83. The van der Waals surface area contributed by atoms with Crippen LogP contribution in [0.2, 0.25) is 0 Å². The van der Waals surface area contributed by atoms with E-state index < -0.39 is 0 Å². The fourth-order valence-electron chi connectivity index (χ4n) is 1.80. The molecule has 0 aromatic heterocycles. The quantitative estimate of drug-likeness (QED) is 0.668. The number of aliphatic hydroxyl groups is 1. The van der Waals surface area contributed by atoms with Crippen molar-refractivity contribution in [1.29, 1.82) is 0 Å². The first-order valence-electron chi connectivity index (χ1n) is 4.24. The molecule has 2 nitrogen and oxygen atoms in total. The van der Waals surface area contributed by atoms with Crippen molar-refractivity contribution in [2.45, 2.75) is 12.5 Å². The van der Waals surface area contributed by atoms with Gasteiger partial charge in [-0.25, -0.2) is 0 Å². The number of likely N-dealkylation sites (N-methyl/N-ethyl adjacent to an activating group) is 1. The summed E-state index contributed by atoms with van der Waals surface area (Å²) in [6.45, 7) is 0.241. The van der Waals surface area contributed by atoms with Crippen LogP contribution < -0.4 is 4.90 Å². The van der Waals surface area contributed by atoms with Crippen molar-refractivity contribution < 1.29 is 5.11 Å². The summed E-state index contributed by atoms with van der Waals surface area (Å²) in [6.07, 6.45) is 0.975. The first kappa shape index (κ1) is 7.62. The Balaban J connectivity index is 2.35. The molecule has 1 aliphatic heterocycles. The van der Waals surface area contributed by atoms with Crippen LogP contribution in [0.1, 0.15) is 5.56 Å². The van der Waals surface area contributed by atoms with Crippen molar-refractivity contribution in [2.24, 2.45) is 0 Å². The highest BCUT2D eigenvalue weighted by molar-refractivity contribution is 5.58. The Hall–Kier alpha value is -1.02. The summed E-state index contributed by atoms with van der Waals surface area (Å²) >= 11 is 0. The number of aliphatic hydroxyl groups excluding tert-OH is 1. The number of benzene rings is 1. The van der Waals surface area contributed by atoms with E-state index >= 15 is 0 Å². The van der Waals surface area contributed by atoms with Crippen LogP contribution in [-0.4, -0.2) is 24.8 Å². The van der Waals surface area contributed by atoms with Gasteiger partial charge >= 0.3 is 0 Å². The van der Waals surface area contributed by atoms with Crippen LogP contribution in [0.4, 0.5) is 5.69 Å². The predicted molar refractivity (Wildman–Crippen MR) is 49.4 cm³/mol. The van der Waals surface area contributed by atoms with Gasteiger partial charge in [0.1, 0.15) is 0 Å². The van der Waals surface area contributed by atoms with Crippen molar-refractivity contribution in [3.05, 3.63) is 29.8 Å². The number of nitrogens with zero attached hydrogens (tertiary/aromatic N) is 1. The van der Waals surface area contributed by atoms with Crippen LogP contribution >= 0.6 is 0 Å². The number of hydrogen-bond donors (Lipinski definition) is 1. The van der Waals surface area contributed by atoms with Crippen LogP contribution in [0, 0.1) is 0 Å². The summed E-state index contributed by atoms with van der Waals surface area (Å²) in [4.78, 5) is 2.15. The minimum atomic E-state index is 0.241. The fourth-order valence-corrected chi connectivity index (χ4v) is 1.80. The van der Waals surface area contributed by atoms with E-state index in [1.807, 2.05) is 19.2 Å². The van der Waals surface area contributed by atoms with Crippen LogP contribution in [0.25, 0.3) is 0 Å². The van der Waals surface area contributed by atoms with Gasteiger partial charge < -0.3 is 10.0 Å². The molecule has 0 fully saturated rings. The number of fused-ring (bicyclic) bond motifs is 1. The van der Waals surface area contributed by atoms with Crippen LogP contribution in [0.5, 0.6) is 0 Å². The molecule has 0 amide bonds. The van der Waals surface area contributed by atoms with Crippen molar-refractivity contribution in [3.8, 4) is 0 Å². The molecular formula is C10H13NO. The fraction of sp³-hybridized carbons (Fsp3) is 0.400. The van der Waals surface area contributed by atoms with Crippen LogP contribution in [0.15, 0.2) is 24.3 Å². The van der Waals surface area contributed by atoms with E-state index in [4.69, 9.17) is 5.11 Å². The lowest BCUT2D eigenvalue weighted by molar-refractivity contribution is 0.266. The third-order valence-electron chi connectivity index (χ3n) is 2.59. The molecule has 1 atom stereocenters. The van der Waals surface area contributed by atoms with Gasteiger partial charge in [0.25, 0.3) is 0 Å². The van der Waals surface area contributed by atoms with Gasteiger partial charge in [0.15, 0.2) is 0 Å². The van der Waals surface area contributed by atoms with E-state index in [0.717, 1.165) is 6.42 Å². The Morgan fingerprint density at radius 3 is 2.92 bits per heavy atom. The molecule has 1 unspecified atom stereocenters. The molecule has 0 spiro atoms. The maximum absolute atomic E-state index is 9.07. The summed E-state index contributed by atoms with van der Waals surface area (Å²) in [5.41, 5.74) is 2.61. The molecule has 2 rings (SSSR count). The highest BCUT2D eigenvalue weighted by Crippen LogP contribution is 2.29. The van der Waals surface area contributed by atoms with Gasteiger partial charge in [-0.2, -0.15) is 0 Å². The molecule has 0 saturated heterocycles. The second-order valence-corrected chi connectivity index (χ2v) is 3.28. The Morgan fingerprint density at radius 2 is 2.25 bits per heavy atom. The molecule has 1 aliphatic rings. The average molecular weight is 163 g/mol. The van der Waals surface area contributed by atoms with Crippen LogP contribution in [-0.2, 0) is 6.42 Å². The maximum Gasteiger partial charge on any atom is 0.0638 e. The number of para-hydroxylation sites is 1. The molecule has 64 valence electrons. The van der Waals surface area contributed by atoms with Gasteiger partial charge in [-0.1, -0.05) is 18.2 Å². The summed E-state index contributed by atoms with van der Waals surface area (Å²) in [7, 11) is 2.03. The average Bonchev–Trinajstić information content (AvgIpc) is 2.44. The topological polar surface area (TPSA) is 23.5 Å². The molecule has 0 aliphatic carbocycles. The lowest BCUT2D eigenvalue weighted by Crippen LogP contribution is -2.30. The number of rotatable bonds is 1. The summed E-state index contributed by atoms with van der Waals surface area (Å²) in [5, 5.41) is 9.07. The molecule has 1 aromatic rings. The normalized spacial score (nSPS) is 21.2. The SMILES string of the molecule is CN1c2ccccc2CC1CO. The number of anilines is 1. The largest absolute Gasteiger partial charge is 0.394 e. The summed E-state index contributed by atoms with van der Waals surface area (Å²) < 4.78 is 0. The lowest BCUT2D eigenvalue weighted by Gasteiger charge is -2.19. The predicted octanol–water partition coefficient (Wildman–Crippen LogP) is 1.04. The molecule has 2 heteroatoms. The highest BCUT2D eigenvalue weighted by atomic mass is 16.3. The monoisotopic (exact) mass is 163 g/mol.